The van der Waals surface area contributed by atoms with E-state index in [0.29, 0.717) is 5.92 Å². The number of aliphatic hydroxyl groups is 2. The van der Waals surface area contributed by atoms with E-state index in [-0.39, 0.29) is 25.8 Å². The monoisotopic (exact) mass is 269 g/mol. The fourth-order valence-electron chi connectivity index (χ4n) is 1.55. The zero-order chi connectivity index (χ0) is 14.1. The minimum Gasteiger partial charge on any atom is -0.389 e. The molecule has 0 heterocycles. The number of hydrogen-bond acceptors (Lipinski definition) is 4. The van der Waals surface area contributed by atoms with Crippen LogP contribution in [0.3, 0.4) is 0 Å². The fraction of sp³-hybridized carbons (Fsp3) is 1.00. The maximum atomic E-state index is 12.0. The second-order valence-electron chi connectivity index (χ2n) is 4.99. The van der Waals surface area contributed by atoms with Crippen LogP contribution in [0.5, 0.6) is 0 Å². The molecule has 4 nitrogen and oxygen atoms in total. The molecule has 0 fully saturated rings. The Kier molecular flexibility index (Phi) is 9.45. The van der Waals surface area contributed by atoms with Gasteiger partial charge in [0.25, 0.3) is 6.43 Å². The van der Waals surface area contributed by atoms with Crippen LogP contribution in [0.25, 0.3) is 0 Å². The molecule has 0 saturated heterocycles. The summed E-state index contributed by atoms with van der Waals surface area (Å²) >= 11 is 0. The quantitative estimate of drug-likeness (QED) is 0.554. The maximum Gasteiger partial charge on any atom is 0.265 e. The summed E-state index contributed by atoms with van der Waals surface area (Å²) in [7, 11) is 0. The van der Waals surface area contributed by atoms with Gasteiger partial charge in [-0.2, -0.15) is 0 Å². The molecule has 0 aliphatic heterocycles. The summed E-state index contributed by atoms with van der Waals surface area (Å²) in [5.74, 6) is 0.524. The summed E-state index contributed by atoms with van der Waals surface area (Å²) in [5, 5.41) is 20.9. The van der Waals surface area contributed by atoms with Crippen LogP contribution in [-0.4, -0.2) is 54.6 Å². The topological polar surface area (TPSA) is 61.7 Å². The van der Waals surface area contributed by atoms with Gasteiger partial charge < -0.3 is 20.3 Å². The van der Waals surface area contributed by atoms with E-state index in [1.807, 2.05) is 6.92 Å². The van der Waals surface area contributed by atoms with Crippen LogP contribution in [0, 0.1) is 5.92 Å². The van der Waals surface area contributed by atoms with E-state index < -0.39 is 18.6 Å². The van der Waals surface area contributed by atoms with E-state index in [9.17, 15) is 13.9 Å². The first-order valence-corrected chi connectivity index (χ1v) is 6.29. The van der Waals surface area contributed by atoms with Crippen LogP contribution in [0.15, 0.2) is 0 Å². The number of nitrogens with one attached hydrogen (secondary N) is 1. The molecule has 6 heteroatoms. The van der Waals surface area contributed by atoms with Crippen molar-refractivity contribution in [1.82, 2.24) is 5.32 Å². The zero-order valence-corrected chi connectivity index (χ0v) is 11.3. The molecule has 0 aromatic carbocycles. The summed E-state index contributed by atoms with van der Waals surface area (Å²) in [6.07, 6.45) is -4.25. The molecule has 3 N–H and O–H groups in total. The van der Waals surface area contributed by atoms with E-state index in [0.717, 1.165) is 6.42 Å². The van der Waals surface area contributed by atoms with Crippen LogP contribution in [0.1, 0.15) is 27.2 Å². The molecule has 0 radical (unpaired) electrons. The number of halogens is 2. The number of aliphatic hydroxyl groups excluding tert-OH is 2. The van der Waals surface area contributed by atoms with Gasteiger partial charge in [0, 0.05) is 13.1 Å². The third-order valence-corrected chi connectivity index (χ3v) is 2.40. The molecule has 0 aliphatic carbocycles. The summed E-state index contributed by atoms with van der Waals surface area (Å²) in [6.45, 7) is 6.15. The molecule has 0 amide bonds. The van der Waals surface area contributed by atoms with E-state index in [1.165, 1.54) is 0 Å². The molecule has 110 valence electrons. The summed E-state index contributed by atoms with van der Waals surface area (Å²) < 4.78 is 29.3. The van der Waals surface area contributed by atoms with Crippen molar-refractivity contribution in [3.05, 3.63) is 0 Å². The summed E-state index contributed by atoms with van der Waals surface area (Å²) in [4.78, 5) is 0. The minimum absolute atomic E-state index is 0.0614. The fourth-order valence-corrected chi connectivity index (χ4v) is 1.55. The molecule has 0 aromatic rings. The van der Waals surface area contributed by atoms with Crippen LogP contribution in [0.2, 0.25) is 0 Å². The SMILES string of the molecule is CC(C)CC(C)OCC(O)CNCC(O)C(F)F. The first-order valence-electron chi connectivity index (χ1n) is 6.29. The lowest BCUT2D eigenvalue weighted by atomic mass is 10.1. The minimum atomic E-state index is -2.77. The first kappa shape index (κ1) is 17.7. The normalized spacial score (nSPS) is 17.2. The molecule has 0 spiro atoms. The second kappa shape index (κ2) is 9.61. The first-order chi connectivity index (χ1) is 8.32. The zero-order valence-electron chi connectivity index (χ0n) is 11.3. The Bertz CT molecular complexity index is 206. The number of ether oxygens (including phenoxy) is 1. The van der Waals surface area contributed by atoms with Gasteiger partial charge in [-0.1, -0.05) is 13.8 Å². The Hall–Kier alpha value is -0.300. The van der Waals surface area contributed by atoms with Gasteiger partial charge in [-0.3, -0.25) is 0 Å². The highest BCUT2D eigenvalue weighted by Gasteiger charge is 2.16. The van der Waals surface area contributed by atoms with Gasteiger partial charge in [0.05, 0.1) is 18.8 Å². The van der Waals surface area contributed by atoms with E-state index in [2.05, 4.69) is 19.2 Å². The Balaban J connectivity index is 3.56. The van der Waals surface area contributed by atoms with Crippen molar-refractivity contribution in [3.8, 4) is 0 Å². The molecule has 0 aliphatic rings. The van der Waals surface area contributed by atoms with Crippen LogP contribution < -0.4 is 5.32 Å². The van der Waals surface area contributed by atoms with Crippen molar-refractivity contribution in [1.29, 1.82) is 0 Å². The van der Waals surface area contributed by atoms with Gasteiger partial charge >= 0.3 is 0 Å². The summed E-state index contributed by atoms with van der Waals surface area (Å²) in [6, 6.07) is 0. The van der Waals surface area contributed by atoms with Crippen molar-refractivity contribution < 1.29 is 23.7 Å². The molecule has 0 rings (SSSR count). The number of hydrogen-bond donors (Lipinski definition) is 3. The number of rotatable bonds is 10. The van der Waals surface area contributed by atoms with Gasteiger partial charge in [-0.15, -0.1) is 0 Å². The lowest BCUT2D eigenvalue weighted by Gasteiger charge is -2.18. The van der Waals surface area contributed by atoms with Gasteiger partial charge in [-0.25, -0.2) is 8.78 Å². The molecule has 3 unspecified atom stereocenters. The molecule has 0 saturated carbocycles. The smallest absolute Gasteiger partial charge is 0.265 e. The van der Waals surface area contributed by atoms with E-state index in [4.69, 9.17) is 9.84 Å². The van der Waals surface area contributed by atoms with E-state index in [1.54, 1.807) is 0 Å². The van der Waals surface area contributed by atoms with Gasteiger partial charge in [-0.05, 0) is 19.3 Å². The van der Waals surface area contributed by atoms with Crippen molar-refractivity contribution in [3.63, 3.8) is 0 Å². The highest BCUT2D eigenvalue weighted by atomic mass is 19.3. The molecule has 0 aromatic heterocycles. The highest BCUT2D eigenvalue weighted by molar-refractivity contribution is 4.65. The Morgan fingerprint density at radius 2 is 1.72 bits per heavy atom. The second-order valence-corrected chi connectivity index (χ2v) is 4.99. The molecule has 18 heavy (non-hydrogen) atoms. The average Bonchev–Trinajstić information content (AvgIpc) is 2.25. The number of alkyl halides is 2. The van der Waals surface area contributed by atoms with E-state index >= 15 is 0 Å². The molecule has 0 bridgehead atoms. The Morgan fingerprint density at radius 3 is 2.22 bits per heavy atom. The van der Waals surface area contributed by atoms with Gasteiger partial charge in [0.1, 0.15) is 6.10 Å². The van der Waals surface area contributed by atoms with Crippen LogP contribution in [-0.2, 0) is 4.74 Å². The van der Waals surface area contributed by atoms with Gasteiger partial charge in [0.15, 0.2) is 0 Å². The lowest BCUT2D eigenvalue weighted by molar-refractivity contribution is -0.0177. The molecular weight excluding hydrogens is 244 g/mol. The largest absolute Gasteiger partial charge is 0.389 e. The third kappa shape index (κ3) is 9.70. The van der Waals surface area contributed by atoms with Crippen LogP contribution >= 0.6 is 0 Å². The molecular formula is C12H25F2NO3. The Labute approximate surface area is 107 Å². The molecule has 3 atom stereocenters. The average molecular weight is 269 g/mol. The maximum absolute atomic E-state index is 12.0. The van der Waals surface area contributed by atoms with Crippen molar-refractivity contribution in [2.45, 2.75) is 51.9 Å². The summed E-state index contributed by atoms with van der Waals surface area (Å²) in [5.41, 5.74) is 0. The van der Waals surface area contributed by atoms with Crippen molar-refractivity contribution >= 4 is 0 Å². The highest BCUT2D eigenvalue weighted by Crippen LogP contribution is 2.07. The predicted octanol–water partition coefficient (Wildman–Crippen LogP) is 1.01. The third-order valence-electron chi connectivity index (χ3n) is 2.40. The van der Waals surface area contributed by atoms with Crippen molar-refractivity contribution in [2.75, 3.05) is 19.7 Å². The lowest BCUT2D eigenvalue weighted by Crippen LogP contribution is -2.38. The Morgan fingerprint density at radius 1 is 1.11 bits per heavy atom. The van der Waals surface area contributed by atoms with Crippen LogP contribution in [0.4, 0.5) is 8.78 Å². The van der Waals surface area contributed by atoms with Crippen molar-refractivity contribution in [2.24, 2.45) is 5.92 Å². The predicted molar refractivity (Wildman–Crippen MR) is 65.8 cm³/mol. The van der Waals surface area contributed by atoms with Gasteiger partial charge in [0.2, 0.25) is 0 Å². The standard InChI is InChI=1S/C12H25F2NO3/c1-8(2)4-9(3)18-7-10(16)5-15-6-11(17)12(13)14/h8-12,15-17H,4-7H2,1-3H3.